The van der Waals surface area contributed by atoms with Crippen LogP contribution in [-0.4, -0.2) is 0 Å². The highest BCUT2D eigenvalue weighted by molar-refractivity contribution is 14.1. The third-order valence-electron chi connectivity index (χ3n) is 2.24. The molecule has 0 aliphatic heterocycles. The number of hydrogen-bond acceptors (Lipinski definition) is 2. The molecule has 0 amide bonds. The fraction of sp³-hybridized carbons (Fsp3) is 0. The van der Waals surface area contributed by atoms with Gasteiger partial charge in [-0.25, -0.2) is 0 Å². The van der Waals surface area contributed by atoms with Gasteiger partial charge in [-0.05, 0) is 35.5 Å². The molecule has 0 aromatic heterocycles. The number of nitrogens with one attached hydrogen (secondary N) is 1. The van der Waals surface area contributed by atoms with Crippen molar-refractivity contribution in [1.82, 2.24) is 3.53 Å². The molecule has 3 N–H and O–H groups in total. The lowest BCUT2D eigenvalue weighted by Gasteiger charge is -2.02. The predicted molar refractivity (Wildman–Crippen MR) is 94.5 cm³/mol. The van der Waals surface area contributed by atoms with Crippen molar-refractivity contribution < 1.29 is 0 Å². The van der Waals surface area contributed by atoms with E-state index in [0.29, 0.717) is 5.70 Å². The second kappa shape index (κ2) is 10.2. The Balaban J connectivity index is 5.42. The molecular weight excluding hydrogens is 347 g/mol. The zero-order valence-corrected chi connectivity index (χ0v) is 13.1. The van der Waals surface area contributed by atoms with Crippen molar-refractivity contribution in [2.24, 2.45) is 5.73 Å². The third-order valence-corrected chi connectivity index (χ3v) is 2.86. The van der Waals surface area contributed by atoms with E-state index in [1.807, 2.05) is 41.1 Å². The van der Waals surface area contributed by atoms with Crippen LogP contribution in [0.4, 0.5) is 0 Å². The smallest absolute Gasteiger partial charge is 0.0560 e. The fourth-order valence-electron chi connectivity index (χ4n) is 1.14. The van der Waals surface area contributed by atoms with E-state index in [1.165, 1.54) is 0 Å². The molecule has 0 aromatic rings. The summed E-state index contributed by atoms with van der Waals surface area (Å²) in [6, 6.07) is 0. The van der Waals surface area contributed by atoms with Crippen molar-refractivity contribution in [3.05, 3.63) is 97.5 Å². The summed E-state index contributed by atoms with van der Waals surface area (Å²) in [5.74, 6) is 0. The van der Waals surface area contributed by atoms with Crippen LogP contribution in [0.1, 0.15) is 0 Å². The first-order chi connectivity index (χ1) is 9.12. The SMILES string of the molecule is C=C\C(N)=C/C=C(C=C)/C(C=C)=C/C=C(\C=C)NI. The Morgan fingerprint density at radius 1 is 0.789 bits per heavy atom. The monoisotopic (exact) mass is 366 g/mol. The summed E-state index contributed by atoms with van der Waals surface area (Å²) in [6.45, 7) is 14.9. The van der Waals surface area contributed by atoms with E-state index in [2.05, 4.69) is 29.8 Å². The minimum atomic E-state index is 0.596. The van der Waals surface area contributed by atoms with E-state index < -0.39 is 0 Å². The molecular formula is C16H19IN2. The molecule has 0 spiro atoms. The number of halogens is 1. The van der Waals surface area contributed by atoms with Crippen LogP contribution in [0.3, 0.4) is 0 Å². The molecule has 0 atom stereocenters. The highest BCUT2D eigenvalue weighted by Crippen LogP contribution is 2.14. The maximum Gasteiger partial charge on any atom is 0.0560 e. The van der Waals surface area contributed by atoms with Gasteiger partial charge in [0.2, 0.25) is 0 Å². The topological polar surface area (TPSA) is 38.0 Å². The van der Waals surface area contributed by atoms with E-state index in [-0.39, 0.29) is 0 Å². The van der Waals surface area contributed by atoms with E-state index in [4.69, 9.17) is 5.73 Å². The van der Waals surface area contributed by atoms with Gasteiger partial charge in [-0.1, -0.05) is 50.6 Å². The summed E-state index contributed by atoms with van der Waals surface area (Å²) in [5, 5.41) is 0. The molecule has 3 heteroatoms. The maximum atomic E-state index is 5.67. The number of rotatable bonds is 8. The summed E-state index contributed by atoms with van der Waals surface area (Å²) in [6.07, 6.45) is 14.3. The van der Waals surface area contributed by atoms with E-state index >= 15 is 0 Å². The molecule has 19 heavy (non-hydrogen) atoms. The first-order valence-corrected chi connectivity index (χ1v) is 6.67. The number of allylic oxidation sites excluding steroid dienone is 10. The normalized spacial score (nSPS) is 13.7. The summed E-state index contributed by atoms with van der Waals surface area (Å²) in [4.78, 5) is 0. The fourth-order valence-corrected chi connectivity index (χ4v) is 1.54. The lowest BCUT2D eigenvalue weighted by molar-refractivity contribution is 1.34. The number of nitrogens with two attached hydrogens (primary N) is 1. The van der Waals surface area contributed by atoms with Crippen LogP contribution in [0.2, 0.25) is 0 Å². The quantitative estimate of drug-likeness (QED) is 0.383. The molecule has 0 saturated heterocycles. The van der Waals surface area contributed by atoms with Gasteiger partial charge in [0.25, 0.3) is 0 Å². The highest BCUT2D eigenvalue weighted by atomic mass is 127. The maximum absolute atomic E-state index is 5.67. The summed E-state index contributed by atoms with van der Waals surface area (Å²) < 4.78 is 2.99. The van der Waals surface area contributed by atoms with Gasteiger partial charge in [-0.2, -0.15) is 0 Å². The summed E-state index contributed by atoms with van der Waals surface area (Å²) >= 11 is 2.05. The molecule has 0 saturated carbocycles. The van der Waals surface area contributed by atoms with Crippen molar-refractivity contribution in [1.29, 1.82) is 0 Å². The van der Waals surface area contributed by atoms with E-state index in [9.17, 15) is 0 Å². The first-order valence-electron chi connectivity index (χ1n) is 5.59. The van der Waals surface area contributed by atoms with Gasteiger partial charge >= 0.3 is 0 Å². The van der Waals surface area contributed by atoms with E-state index in [1.54, 1.807) is 30.4 Å². The molecule has 0 radical (unpaired) electrons. The zero-order chi connectivity index (χ0) is 14.7. The molecule has 0 bridgehead atoms. The van der Waals surface area contributed by atoms with Gasteiger partial charge in [-0.3, -0.25) is 0 Å². The standard InChI is InChI=1S/C16H19IN2/c1-5-13(9-11-15(18)7-3)14(6-2)10-12-16(8-4)19-17/h5-12,19H,1-4,18H2/b13-9+,14-10+,15-11+,16-12+. The summed E-state index contributed by atoms with van der Waals surface area (Å²) in [5.41, 5.74) is 9.03. The lowest BCUT2D eigenvalue weighted by Crippen LogP contribution is -1.93. The Morgan fingerprint density at radius 2 is 1.32 bits per heavy atom. The van der Waals surface area contributed by atoms with Crippen LogP contribution in [-0.2, 0) is 0 Å². The molecule has 0 unspecified atom stereocenters. The third kappa shape index (κ3) is 6.67. The van der Waals surface area contributed by atoms with Crippen LogP contribution in [0.25, 0.3) is 0 Å². The van der Waals surface area contributed by atoms with Gasteiger partial charge in [0, 0.05) is 11.4 Å². The van der Waals surface area contributed by atoms with Gasteiger partial charge in [-0.15, -0.1) is 0 Å². The lowest BCUT2D eigenvalue weighted by atomic mass is 10.0. The van der Waals surface area contributed by atoms with Crippen molar-refractivity contribution in [2.45, 2.75) is 0 Å². The van der Waals surface area contributed by atoms with Crippen LogP contribution in [0, 0.1) is 0 Å². The Labute approximate surface area is 129 Å². The Hall–Kier alpha value is -1.75. The summed E-state index contributed by atoms with van der Waals surface area (Å²) in [7, 11) is 0. The highest BCUT2D eigenvalue weighted by Gasteiger charge is 1.95. The number of hydrogen-bond donors (Lipinski definition) is 2. The largest absolute Gasteiger partial charge is 0.399 e. The van der Waals surface area contributed by atoms with Gasteiger partial charge < -0.3 is 9.26 Å². The molecule has 0 aliphatic rings. The minimum absolute atomic E-state index is 0.596. The average molecular weight is 366 g/mol. The second-order valence-electron chi connectivity index (χ2n) is 3.44. The second-order valence-corrected chi connectivity index (χ2v) is 3.98. The van der Waals surface area contributed by atoms with Crippen molar-refractivity contribution in [3.8, 4) is 0 Å². The molecule has 0 rings (SSSR count). The predicted octanol–water partition coefficient (Wildman–Crippen LogP) is 4.25. The first kappa shape index (κ1) is 17.2. The van der Waals surface area contributed by atoms with Crippen molar-refractivity contribution >= 4 is 22.9 Å². The van der Waals surface area contributed by atoms with Crippen LogP contribution >= 0.6 is 22.9 Å². The minimum Gasteiger partial charge on any atom is -0.399 e. The van der Waals surface area contributed by atoms with Crippen LogP contribution in [0.15, 0.2) is 97.5 Å². The Kier molecular flexibility index (Phi) is 9.26. The molecule has 100 valence electrons. The molecule has 0 heterocycles. The molecule has 0 aliphatic carbocycles. The van der Waals surface area contributed by atoms with Gasteiger partial charge in [0.15, 0.2) is 0 Å². The van der Waals surface area contributed by atoms with Crippen molar-refractivity contribution in [2.75, 3.05) is 0 Å². The molecule has 2 nitrogen and oxygen atoms in total. The van der Waals surface area contributed by atoms with E-state index in [0.717, 1.165) is 16.8 Å². The zero-order valence-electron chi connectivity index (χ0n) is 10.9. The Bertz CT molecular complexity index is 477. The van der Waals surface area contributed by atoms with Crippen molar-refractivity contribution in [3.63, 3.8) is 0 Å². The molecule has 0 aromatic carbocycles. The Morgan fingerprint density at radius 3 is 1.68 bits per heavy atom. The average Bonchev–Trinajstić information content (AvgIpc) is 2.45. The van der Waals surface area contributed by atoms with Crippen LogP contribution < -0.4 is 9.26 Å². The van der Waals surface area contributed by atoms with Gasteiger partial charge in [0.1, 0.15) is 0 Å². The molecule has 0 fully saturated rings. The van der Waals surface area contributed by atoms with Gasteiger partial charge in [0.05, 0.1) is 22.9 Å². The van der Waals surface area contributed by atoms with Crippen LogP contribution in [0.5, 0.6) is 0 Å².